The summed E-state index contributed by atoms with van der Waals surface area (Å²) >= 11 is 0. The van der Waals surface area contributed by atoms with Crippen LogP contribution in [0.5, 0.6) is 5.75 Å². The van der Waals surface area contributed by atoms with Crippen LogP contribution in [-0.2, 0) is 9.84 Å². The zero-order chi connectivity index (χ0) is 14.6. The van der Waals surface area contributed by atoms with Gasteiger partial charge in [0.15, 0.2) is 9.84 Å². The number of nitrogens with zero attached hydrogens (tertiary/aromatic N) is 1. The molecule has 0 saturated carbocycles. The molecule has 0 spiro atoms. The summed E-state index contributed by atoms with van der Waals surface area (Å²) in [6.45, 7) is 1.36. The fourth-order valence-corrected chi connectivity index (χ4v) is 4.33. The summed E-state index contributed by atoms with van der Waals surface area (Å²) in [5.41, 5.74) is 6.59. The standard InChI is InChI=1S/C14H22N2O3S/c1-19-14-5-2-4-12(10-14)16(8-3-7-15)13-6-9-20(17,18)11-13/h2,4-5,10,13H,3,6-9,11,15H2,1H3. The fraction of sp³-hybridized carbons (Fsp3) is 0.571. The number of hydrogen-bond donors (Lipinski definition) is 1. The first-order chi connectivity index (χ1) is 9.55. The van der Waals surface area contributed by atoms with Gasteiger partial charge in [-0.3, -0.25) is 0 Å². The SMILES string of the molecule is COc1cccc(N(CCCN)C2CCS(=O)(=O)C2)c1. The van der Waals surface area contributed by atoms with E-state index in [0.717, 1.165) is 24.4 Å². The first-order valence-corrected chi connectivity index (χ1v) is 8.69. The molecule has 1 unspecified atom stereocenters. The molecule has 1 aromatic carbocycles. The second kappa shape index (κ2) is 6.45. The van der Waals surface area contributed by atoms with Gasteiger partial charge in [-0.1, -0.05) is 6.07 Å². The molecule has 0 radical (unpaired) electrons. The van der Waals surface area contributed by atoms with Crippen molar-refractivity contribution >= 4 is 15.5 Å². The van der Waals surface area contributed by atoms with Crippen molar-refractivity contribution in [2.45, 2.75) is 18.9 Å². The number of benzene rings is 1. The Morgan fingerprint density at radius 1 is 1.45 bits per heavy atom. The third kappa shape index (κ3) is 3.64. The van der Waals surface area contributed by atoms with Crippen molar-refractivity contribution < 1.29 is 13.2 Å². The molecule has 1 aromatic rings. The molecule has 2 N–H and O–H groups in total. The highest BCUT2D eigenvalue weighted by Crippen LogP contribution is 2.27. The normalized spacial score (nSPS) is 20.8. The van der Waals surface area contributed by atoms with Gasteiger partial charge in [0, 0.05) is 24.3 Å². The van der Waals surface area contributed by atoms with Crippen LogP contribution in [0.3, 0.4) is 0 Å². The summed E-state index contributed by atoms with van der Waals surface area (Å²) < 4.78 is 28.6. The van der Waals surface area contributed by atoms with E-state index in [-0.39, 0.29) is 17.5 Å². The van der Waals surface area contributed by atoms with Gasteiger partial charge >= 0.3 is 0 Å². The first kappa shape index (κ1) is 15.1. The molecule has 20 heavy (non-hydrogen) atoms. The zero-order valence-electron chi connectivity index (χ0n) is 11.8. The molecule has 0 aromatic heterocycles. The van der Waals surface area contributed by atoms with Crippen LogP contribution in [-0.4, -0.2) is 46.2 Å². The Morgan fingerprint density at radius 2 is 2.25 bits per heavy atom. The van der Waals surface area contributed by atoms with Crippen molar-refractivity contribution in [3.63, 3.8) is 0 Å². The summed E-state index contributed by atoms with van der Waals surface area (Å²) in [5.74, 6) is 1.29. The predicted octanol–water partition coefficient (Wildman–Crippen LogP) is 1.04. The van der Waals surface area contributed by atoms with Crippen LogP contribution in [0.4, 0.5) is 5.69 Å². The van der Waals surface area contributed by atoms with Crippen LogP contribution < -0.4 is 15.4 Å². The van der Waals surface area contributed by atoms with Gasteiger partial charge in [-0.25, -0.2) is 8.42 Å². The zero-order valence-corrected chi connectivity index (χ0v) is 12.6. The van der Waals surface area contributed by atoms with Crippen LogP contribution in [0.15, 0.2) is 24.3 Å². The summed E-state index contributed by atoms with van der Waals surface area (Å²) in [5, 5.41) is 0. The maximum Gasteiger partial charge on any atom is 0.152 e. The highest BCUT2D eigenvalue weighted by molar-refractivity contribution is 7.91. The lowest BCUT2D eigenvalue weighted by Gasteiger charge is -2.30. The number of hydrogen-bond acceptors (Lipinski definition) is 5. The van der Waals surface area contributed by atoms with Crippen LogP contribution in [0.25, 0.3) is 0 Å². The smallest absolute Gasteiger partial charge is 0.152 e. The van der Waals surface area contributed by atoms with Gasteiger partial charge in [0.2, 0.25) is 0 Å². The summed E-state index contributed by atoms with van der Waals surface area (Å²) in [6.07, 6.45) is 1.53. The number of anilines is 1. The number of ether oxygens (including phenoxy) is 1. The summed E-state index contributed by atoms with van der Waals surface area (Å²) in [6, 6.07) is 7.78. The molecular weight excluding hydrogens is 276 g/mol. The molecule has 0 bridgehead atoms. The van der Waals surface area contributed by atoms with Crippen LogP contribution >= 0.6 is 0 Å². The average molecular weight is 298 g/mol. The summed E-state index contributed by atoms with van der Waals surface area (Å²) in [4.78, 5) is 2.15. The molecule has 112 valence electrons. The molecule has 6 heteroatoms. The largest absolute Gasteiger partial charge is 0.497 e. The molecule has 1 atom stereocenters. The fourth-order valence-electron chi connectivity index (χ4n) is 2.59. The molecule has 1 saturated heterocycles. The van der Waals surface area contributed by atoms with Crippen molar-refractivity contribution in [3.05, 3.63) is 24.3 Å². The number of nitrogens with two attached hydrogens (primary N) is 1. The molecule has 2 rings (SSSR count). The Morgan fingerprint density at radius 3 is 2.85 bits per heavy atom. The van der Waals surface area contributed by atoms with Crippen molar-refractivity contribution in [1.82, 2.24) is 0 Å². The molecular formula is C14H22N2O3S. The molecule has 1 heterocycles. The lowest BCUT2D eigenvalue weighted by molar-refractivity contribution is 0.414. The Bertz CT molecular complexity index is 545. The van der Waals surface area contributed by atoms with E-state index >= 15 is 0 Å². The minimum atomic E-state index is -2.89. The van der Waals surface area contributed by atoms with Gasteiger partial charge in [-0.05, 0) is 31.5 Å². The van der Waals surface area contributed by atoms with E-state index in [0.29, 0.717) is 13.0 Å². The van der Waals surface area contributed by atoms with E-state index in [4.69, 9.17) is 10.5 Å². The quantitative estimate of drug-likeness (QED) is 0.849. The molecule has 0 amide bonds. The van der Waals surface area contributed by atoms with E-state index < -0.39 is 9.84 Å². The molecule has 0 aliphatic carbocycles. The Hall–Kier alpha value is -1.27. The number of rotatable bonds is 6. The lowest BCUT2D eigenvalue weighted by atomic mass is 10.1. The van der Waals surface area contributed by atoms with Gasteiger partial charge in [-0.15, -0.1) is 0 Å². The summed E-state index contributed by atoms with van der Waals surface area (Å²) in [7, 11) is -1.27. The minimum Gasteiger partial charge on any atom is -0.497 e. The predicted molar refractivity (Wildman–Crippen MR) is 81.1 cm³/mol. The minimum absolute atomic E-state index is 0.0404. The van der Waals surface area contributed by atoms with Crippen molar-refractivity contribution in [3.8, 4) is 5.75 Å². The van der Waals surface area contributed by atoms with Crippen LogP contribution in [0, 0.1) is 0 Å². The topological polar surface area (TPSA) is 72.6 Å². The molecule has 1 fully saturated rings. The van der Waals surface area contributed by atoms with E-state index in [2.05, 4.69) is 4.90 Å². The van der Waals surface area contributed by atoms with E-state index in [9.17, 15) is 8.42 Å². The van der Waals surface area contributed by atoms with Crippen molar-refractivity contribution in [1.29, 1.82) is 0 Å². The number of methoxy groups -OCH3 is 1. The van der Waals surface area contributed by atoms with Crippen LogP contribution in [0.1, 0.15) is 12.8 Å². The molecule has 1 aliphatic rings. The van der Waals surface area contributed by atoms with Gasteiger partial charge in [0.25, 0.3) is 0 Å². The third-order valence-electron chi connectivity index (χ3n) is 3.64. The van der Waals surface area contributed by atoms with Gasteiger partial charge < -0.3 is 15.4 Å². The second-order valence-electron chi connectivity index (χ2n) is 5.09. The highest BCUT2D eigenvalue weighted by Gasteiger charge is 2.32. The van der Waals surface area contributed by atoms with E-state index in [1.54, 1.807) is 7.11 Å². The van der Waals surface area contributed by atoms with Gasteiger partial charge in [-0.2, -0.15) is 0 Å². The maximum atomic E-state index is 11.7. The highest BCUT2D eigenvalue weighted by atomic mass is 32.2. The Kier molecular flexibility index (Phi) is 4.88. The number of sulfone groups is 1. The lowest BCUT2D eigenvalue weighted by Crippen LogP contribution is -2.37. The first-order valence-electron chi connectivity index (χ1n) is 6.87. The van der Waals surface area contributed by atoms with Gasteiger partial charge in [0.05, 0.1) is 18.6 Å². The average Bonchev–Trinajstić information content (AvgIpc) is 2.80. The van der Waals surface area contributed by atoms with Crippen LogP contribution in [0.2, 0.25) is 0 Å². The second-order valence-corrected chi connectivity index (χ2v) is 7.32. The Labute approximate surface area is 120 Å². The van der Waals surface area contributed by atoms with Crippen molar-refractivity contribution in [2.75, 3.05) is 36.6 Å². The Balaban J connectivity index is 2.22. The third-order valence-corrected chi connectivity index (χ3v) is 5.39. The molecule has 5 nitrogen and oxygen atoms in total. The van der Waals surface area contributed by atoms with Gasteiger partial charge in [0.1, 0.15) is 5.75 Å². The van der Waals surface area contributed by atoms with Crippen molar-refractivity contribution in [2.24, 2.45) is 5.73 Å². The van der Waals surface area contributed by atoms with E-state index in [1.807, 2.05) is 24.3 Å². The molecule has 1 aliphatic heterocycles. The monoisotopic (exact) mass is 298 g/mol. The van der Waals surface area contributed by atoms with E-state index in [1.165, 1.54) is 0 Å². The maximum absolute atomic E-state index is 11.7.